The van der Waals surface area contributed by atoms with E-state index in [-0.39, 0.29) is 12.0 Å². The van der Waals surface area contributed by atoms with Gasteiger partial charge in [-0.25, -0.2) is 0 Å². The number of hydrogen-bond acceptors (Lipinski definition) is 2. The predicted molar refractivity (Wildman–Crippen MR) is 64.0 cm³/mol. The van der Waals surface area contributed by atoms with Crippen molar-refractivity contribution in [2.24, 2.45) is 11.7 Å². The highest BCUT2D eigenvalue weighted by Gasteiger charge is 2.21. The Balaban J connectivity index is 2.96. The van der Waals surface area contributed by atoms with E-state index in [9.17, 15) is 5.11 Å². The molecule has 3 N–H and O–H groups in total. The molecule has 0 fully saturated rings. The summed E-state index contributed by atoms with van der Waals surface area (Å²) in [6.07, 6.45) is -0.523. The molecule has 1 aromatic carbocycles. The van der Waals surface area contributed by atoms with Crippen molar-refractivity contribution in [3.63, 3.8) is 0 Å². The first-order valence-electron chi connectivity index (χ1n) is 5.13. The molecule has 0 aromatic heterocycles. The number of nitrogens with two attached hydrogens (primary N) is 1. The summed E-state index contributed by atoms with van der Waals surface area (Å²) in [6, 6.07) is 5.20. The van der Waals surface area contributed by atoms with Gasteiger partial charge in [0, 0.05) is 5.02 Å². The number of halogens is 1. The van der Waals surface area contributed by atoms with Crippen LogP contribution in [0.25, 0.3) is 0 Å². The summed E-state index contributed by atoms with van der Waals surface area (Å²) in [6.45, 7) is 5.86. The van der Waals surface area contributed by atoms with E-state index >= 15 is 0 Å². The van der Waals surface area contributed by atoms with Gasteiger partial charge in [0.2, 0.25) is 0 Å². The summed E-state index contributed by atoms with van der Waals surface area (Å²) in [5.41, 5.74) is 7.98. The topological polar surface area (TPSA) is 46.2 Å². The first-order valence-corrected chi connectivity index (χ1v) is 5.51. The molecule has 84 valence electrons. The van der Waals surface area contributed by atoms with E-state index in [0.29, 0.717) is 5.02 Å². The van der Waals surface area contributed by atoms with Crippen molar-refractivity contribution < 1.29 is 5.11 Å². The molecule has 0 spiro atoms. The van der Waals surface area contributed by atoms with E-state index in [1.807, 2.05) is 32.9 Å². The highest BCUT2D eigenvalue weighted by atomic mass is 35.5. The Labute approximate surface area is 96.1 Å². The summed E-state index contributed by atoms with van der Waals surface area (Å²) in [5, 5.41) is 10.6. The van der Waals surface area contributed by atoms with E-state index in [0.717, 1.165) is 11.1 Å². The van der Waals surface area contributed by atoms with E-state index in [1.165, 1.54) is 0 Å². The Kier molecular flexibility index (Phi) is 4.14. The molecule has 0 aliphatic carbocycles. The monoisotopic (exact) mass is 227 g/mol. The minimum absolute atomic E-state index is 0.148. The average Bonchev–Trinajstić information content (AvgIpc) is 2.15. The SMILES string of the molecule is Cc1cc(Cl)ccc1[C@H](N)[C@H](O)C(C)C. The van der Waals surface area contributed by atoms with Crippen molar-refractivity contribution in [3.05, 3.63) is 34.3 Å². The Morgan fingerprint density at radius 1 is 1.33 bits per heavy atom. The number of hydrogen-bond donors (Lipinski definition) is 2. The van der Waals surface area contributed by atoms with Crippen LogP contribution in [-0.2, 0) is 0 Å². The van der Waals surface area contributed by atoms with Gasteiger partial charge in [-0.1, -0.05) is 31.5 Å². The van der Waals surface area contributed by atoms with Crippen molar-refractivity contribution in [2.45, 2.75) is 32.9 Å². The van der Waals surface area contributed by atoms with Crippen LogP contribution in [0.2, 0.25) is 5.02 Å². The summed E-state index contributed by atoms with van der Waals surface area (Å²) >= 11 is 5.86. The van der Waals surface area contributed by atoms with Gasteiger partial charge in [-0.3, -0.25) is 0 Å². The van der Waals surface area contributed by atoms with Crippen LogP contribution in [0, 0.1) is 12.8 Å². The fourth-order valence-corrected chi connectivity index (χ4v) is 1.84. The molecule has 0 aliphatic heterocycles. The first-order chi connectivity index (χ1) is 6.93. The number of rotatable bonds is 3. The van der Waals surface area contributed by atoms with Crippen LogP contribution in [0.3, 0.4) is 0 Å². The summed E-state index contributed by atoms with van der Waals surface area (Å²) in [5.74, 6) is 0.148. The first kappa shape index (κ1) is 12.5. The minimum atomic E-state index is -0.523. The molecule has 0 heterocycles. The summed E-state index contributed by atoms with van der Waals surface area (Å²) in [7, 11) is 0. The Morgan fingerprint density at radius 2 is 1.93 bits per heavy atom. The van der Waals surface area contributed by atoms with Crippen LogP contribution in [0.5, 0.6) is 0 Å². The van der Waals surface area contributed by atoms with Gasteiger partial charge >= 0.3 is 0 Å². The molecule has 0 saturated heterocycles. The Hall–Kier alpha value is -0.570. The second kappa shape index (κ2) is 4.97. The van der Waals surface area contributed by atoms with Gasteiger partial charge in [-0.2, -0.15) is 0 Å². The van der Waals surface area contributed by atoms with E-state index in [2.05, 4.69) is 0 Å². The highest BCUT2D eigenvalue weighted by molar-refractivity contribution is 6.30. The van der Waals surface area contributed by atoms with Crippen molar-refractivity contribution in [3.8, 4) is 0 Å². The minimum Gasteiger partial charge on any atom is -0.391 e. The van der Waals surface area contributed by atoms with Crippen LogP contribution in [0.4, 0.5) is 0 Å². The normalized spacial score (nSPS) is 15.4. The third kappa shape index (κ3) is 2.94. The molecule has 0 radical (unpaired) electrons. The molecule has 0 amide bonds. The lowest BCUT2D eigenvalue weighted by Gasteiger charge is -2.23. The maximum absolute atomic E-state index is 9.88. The van der Waals surface area contributed by atoms with E-state index in [4.69, 9.17) is 17.3 Å². The largest absolute Gasteiger partial charge is 0.391 e. The molecular weight excluding hydrogens is 210 g/mol. The average molecular weight is 228 g/mol. The fraction of sp³-hybridized carbons (Fsp3) is 0.500. The lowest BCUT2D eigenvalue weighted by Crippen LogP contribution is -2.31. The maximum atomic E-state index is 9.88. The van der Waals surface area contributed by atoms with Crippen LogP contribution in [0.1, 0.15) is 31.0 Å². The smallest absolute Gasteiger partial charge is 0.0755 e. The molecule has 0 bridgehead atoms. The molecule has 0 aliphatic rings. The van der Waals surface area contributed by atoms with Gasteiger partial charge in [-0.05, 0) is 36.1 Å². The standard InChI is InChI=1S/C12H18ClNO/c1-7(2)12(15)11(14)10-5-4-9(13)6-8(10)3/h4-7,11-12,15H,14H2,1-3H3/t11-,12+/m0/s1. The third-order valence-corrected chi connectivity index (χ3v) is 2.88. The molecule has 0 unspecified atom stereocenters. The zero-order chi connectivity index (χ0) is 11.6. The van der Waals surface area contributed by atoms with Gasteiger partial charge in [0.05, 0.1) is 12.1 Å². The second-order valence-electron chi connectivity index (χ2n) is 4.26. The molecule has 15 heavy (non-hydrogen) atoms. The predicted octanol–water partition coefficient (Wildman–Crippen LogP) is 2.67. The van der Waals surface area contributed by atoms with Crippen LogP contribution < -0.4 is 5.73 Å². The molecule has 2 nitrogen and oxygen atoms in total. The molecular formula is C12H18ClNO. The van der Waals surface area contributed by atoms with Gasteiger partial charge in [-0.15, -0.1) is 0 Å². The molecule has 1 rings (SSSR count). The van der Waals surface area contributed by atoms with Gasteiger partial charge < -0.3 is 10.8 Å². The third-order valence-electron chi connectivity index (χ3n) is 2.64. The van der Waals surface area contributed by atoms with Crippen molar-refractivity contribution in [1.29, 1.82) is 0 Å². The molecule has 1 aromatic rings. The lowest BCUT2D eigenvalue weighted by molar-refractivity contribution is 0.0977. The zero-order valence-corrected chi connectivity index (χ0v) is 10.1. The van der Waals surface area contributed by atoms with Gasteiger partial charge in [0.1, 0.15) is 0 Å². The van der Waals surface area contributed by atoms with E-state index < -0.39 is 6.10 Å². The van der Waals surface area contributed by atoms with Gasteiger partial charge in [0.25, 0.3) is 0 Å². The summed E-state index contributed by atoms with van der Waals surface area (Å²) < 4.78 is 0. The maximum Gasteiger partial charge on any atom is 0.0755 e. The van der Waals surface area contributed by atoms with Crippen LogP contribution >= 0.6 is 11.6 Å². The second-order valence-corrected chi connectivity index (χ2v) is 4.70. The zero-order valence-electron chi connectivity index (χ0n) is 9.37. The van der Waals surface area contributed by atoms with Crippen molar-refractivity contribution in [2.75, 3.05) is 0 Å². The fourth-order valence-electron chi connectivity index (χ4n) is 1.61. The van der Waals surface area contributed by atoms with E-state index in [1.54, 1.807) is 6.07 Å². The number of aliphatic hydroxyl groups excluding tert-OH is 1. The molecule has 2 atom stereocenters. The van der Waals surface area contributed by atoms with Crippen molar-refractivity contribution >= 4 is 11.6 Å². The molecule has 0 saturated carbocycles. The quantitative estimate of drug-likeness (QED) is 0.834. The number of aryl methyl sites for hydroxylation is 1. The van der Waals surface area contributed by atoms with Crippen LogP contribution in [0.15, 0.2) is 18.2 Å². The lowest BCUT2D eigenvalue weighted by atomic mass is 9.92. The van der Waals surface area contributed by atoms with Crippen LogP contribution in [-0.4, -0.2) is 11.2 Å². The molecule has 3 heteroatoms. The number of aliphatic hydroxyl groups is 1. The summed E-state index contributed by atoms with van der Waals surface area (Å²) in [4.78, 5) is 0. The Bertz CT molecular complexity index is 338. The Morgan fingerprint density at radius 3 is 2.40 bits per heavy atom. The van der Waals surface area contributed by atoms with Gasteiger partial charge in [0.15, 0.2) is 0 Å². The highest BCUT2D eigenvalue weighted by Crippen LogP contribution is 2.24. The number of benzene rings is 1. The van der Waals surface area contributed by atoms with Crippen molar-refractivity contribution in [1.82, 2.24) is 0 Å².